The predicted octanol–water partition coefficient (Wildman–Crippen LogP) is -1.04. The molecule has 0 aliphatic heterocycles. The van der Waals surface area contributed by atoms with E-state index >= 15 is 0 Å². The SMILES string of the molecule is [2H]c1nc2c(c(=O)n(C([2H])([2H])[2H])c(=O)n2C)n1[2H]. The molecule has 0 spiro atoms. The second kappa shape index (κ2) is 2.32. The summed E-state index contributed by atoms with van der Waals surface area (Å²) in [5, 5.41) is 0. The average molecular weight is 185 g/mol. The first-order valence-corrected chi connectivity index (χ1v) is 3.37. The third-order valence-electron chi connectivity index (χ3n) is 1.73. The minimum atomic E-state index is -2.95. The quantitative estimate of drug-likeness (QED) is 0.569. The highest BCUT2D eigenvalue weighted by molar-refractivity contribution is 5.68. The van der Waals surface area contributed by atoms with Crippen LogP contribution in [0.25, 0.3) is 11.2 Å². The van der Waals surface area contributed by atoms with Crippen molar-refractivity contribution >= 4 is 11.2 Å². The lowest BCUT2D eigenvalue weighted by Crippen LogP contribution is -2.36. The summed E-state index contributed by atoms with van der Waals surface area (Å²) in [6, 6.07) is 0. The summed E-state index contributed by atoms with van der Waals surface area (Å²) in [7, 11) is 1.22. The molecule has 0 radical (unpaired) electrons. The molecule has 6 nitrogen and oxygen atoms in total. The van der Waals surface area contributed by atoms with Crippen molar-refractivity contribution in [1.29, 1.82) is 0 Å². The second-order valence-electron chi connectivity index (χ2n) is 2.48. The lowest BCUT2D eigenvalue weighted by Gasteiger charge is -2.00. The monoisotopic (exact) mass is 185 g/mol. The third-order valence-corrected chi connectivity index (χ3v) is 1.73. The molecule has 1 N–H and O–H groups in total. The van der Waals surface area contributed by atoms with Gasteiger partial charge in [0.15, 0.2) is 7.06 Å². The Balaban J connectivity index is 3.14. The molecular formula is C7H8N4O2. The average Bonchev–Trinajstić information content (AvgIpc) is 2.51. The highest BCUT2D eigenvalue weighted by Gasteiger charge is 2.08. The molecule has 2 rings (SSSR count). The normalized spacial score (nSPS) is 17.5. The fourth-order valence-electron chi connectivity index (χ4n) is 1.04. The van der Waals surface area contributed by atoms with Crippen LogP contribution in [0.3, 0.4) is 0 Å². The van der Waals surface area contributed by atoms with Crippen LogP contribution in [0, 0.1) is 0 Å². The van der Waals surface area contributed by atoms with E-state index in [1.54, 1.807) is 0 Å². The summed E-state index contributed by atoms with van der Waals surface area (Å²) in [5.41, 5.74) is -2.83. The first kappa shape index (κ1) is 3.91. The van der Waals surface area contributed by atoms with Gasteiger partial charge in [-0.1, -0.05) is 0 Å². The van der Waals surface area contributed by atoms with Crippen LogP contribution in [0.5, 0.6) is 0 Å². The van der Waals surface area contributed by atoms with Gasteiger partial charge in [-0.15, -0.1) is 0 Å². The largest absolute Gasteiger partial charge is 0.339 e. The molecule has 0 aliphatic rings. The van der Waals surface area contributed by atoms with Crippen LogP contribution in [0.2, 0.25) is 1.41 Å². The molecule has 0 aliphatic carbocycles. The van der Waals surface area contributed by atoms with E-state index in [0.29, 0.717) is 4.98 Å². The number of H-pyrrole nitrogens is 1. The topological polar surface area (TPSA) is 72.7 Å². The Bertz CT molecular complexity index is 752. The smallest absolute Gasteiger partial charge is 0.332 e. The van der Waals surface area contributed by atoms with Gasteiger partial charge in [0.1, 0.15) is 6.89 Å². The summed E-state index contributed by atoms with van der Waals surface area (Å²) in [4.78, 5) is 27.6. The minimum absolute atomic E-state index is 0.0709. The molecule has 0 unspecified atom stereocenters. The van der Waals surface area contributed by atoms with E-state index in [1.807, 2.05) is 0 Å². The number of hydrogen-bond acceptors (Lipinski definition) is 3. The number of aromatic amines is 1. The van der Waals surface area contributed by atoms with E-state index in [1.165, 1.54) is 7.05 Å². The standard InChI is InChI=1S/C7H8N4O2/c1-10-5-4(8-3-9-5)6(12)11(2)7(10)13/h3H,1-2H3,(H,8,9)/i2D3,3D/hD. The maximum atomic E-state index is 11.9. The van der Waals surface area contributed by atoms with Gasteiger partial charge in [-0.2, -0.15) is 0 Å². The molecule has 2 aromatic rings. The highest BCUT2D eigenvalue weighted by Crippen LogP contribution is 1.97. The zero-order chi connectivity index (χ0) is 13.8. The van der Waals surface area contributed by atoms with Crippen LogP contribution in [0.4, 0.5) is 0 Å². The fourth-order valence-corrected chi connectivity index (χ4v) is 1.04. The maximum absolute atomic E-state index is 11.9. The van der Waals surface area contributed by atoms with Gasteiger partial charge in [-0.3, -0.25) is 13.9 Å². The predicted molar refractivity (Wildman–Crippen MR) is 46.6 cm³/mol. The van der Waals surface area contributed by atoms with Gasteiger partial charge >= 0.3 is 5.69 Å². The zero-order valence-electron chi connectivity index (χ0n) is 11.6. The van der Waals surface area contributed by atoms with Crippen molar-refractivity contribution in [3.8, 4) is 0 Å². The van der Waals surface area contributed by atoms with Crippen LogP contribution in [-0.4, -0.2) is 19.1 Å². The summed E-state index contributed by atoms with van der Waals surface area (Å²) in [6.07, 6.45) is -0.555. The van der Waals surface area contributed by atoms with Crippen LogP contribution in [0.15, 0.2) is 15.9 Å². The molecule has 0 saturated heterocycles. The van der Waals surface area contributed by atoms with Crippen molar-refractivity contribution in [2.24, 2.45) is 14.0 Å². The van der Waals surface area contributed by atoms with Gasteiger partial charge in [-0.25, -0.2) is 9.78 Å². The fraction of sp³-hybridized carbons (Fsp3) is 0.286. The van der Waals surface area contributed by atoms with E-state index in [4.69, 9.17) is 6.89 Å². The molecule has 0 bridgehead atoms. The van der Waals surface area contributed by atoms with Crippen molar-refractivity contribution in [1.82, 2.24) is 19.1 Å². The molecule has 0 saturated carbocycles. The van der Waals surface area contributed by atoms with Crippen molar-refractivity contribution < 1.29 is 6.89 Å². The van der Waals surface area contributed by atoms with Crippen LogP contribution >= 0.6 is 0 Å². The summed E-state index contributed by atoms with van der Waals surface area (Å²) in [5.74, 6) is 0. The molecular weight excluding hydrogens is 172 g/mol. The Morgan fingerprint density at radius 1 is 1.69 bits per heavy atom. The highest BCUT2D eigenvalue weighted by atomic mass is 16.2. The number of rotatable bonds is 0. The lowest BCUT2D eigenvalue weighted by molar-refractivity contribution is 0.709. The number of aromatic nitrogens is 4. The molecule has 6 heteroatoms. The van der Waals surface area contributed by atoms with E-state index in [-0.39, 0.29) is 10.2 Å². The number of aryl methyl sites for hydroxylation is 1. The first-order chi connectivity index (χ1) is 8.16. The molecule has 68 valence electrons. The zero-order valence-corrected chi connectivity index (χ0v) is 6.61. The summed E-state index contributed by atoms with van der Waals surface area (Å²) < 4.78 is 37.1. The number of nitrogens with zero attached hydrogens (tertiary/aromatic N) is 3. The molecule has 0 fully saturated rings. The van der Waals surface area contributed by atoms with Gasteiger partial charge in [0.25, 0.3) is 5.56 Å². The van der Waals surface area contributed by atoms with Crippen molar-refractivity contribution in [3.63, 3.8) is 0 Å². The lowest BCUT2D eigenvalue weighted by atomic mass is 10.5. The van der Waals surface area contributed by atoms with Crippen LogP contribution in [-0.2, 0) is 14.0 Å². The molecule has 0 amide bonds. The van der Waals surface area contributed by atoms with Crippen molar-refractivity contribution in [2.75, 3.05) is 0 Å². The van der Waals surface area contributed by atoms with Gasteiger partial charge in [0.2, 0.25) is 0 Å². The van der Waals surface area contributed by atoms with Crippen LogP contribution < -0.4 is 11.2 Å². The van der Waals surface area contributed by atoms with E-state index in [2.05, 4.69) is 4.98 Å². The minimum Gasteiger partial charge on any atom is -0.339 e. The Morgan fingerprint density at radius 3 is 3.15 bits per heavy atom. The maximum Gasteiger partial charge on any atom is 0.332 e. The Morgan fingerprint density at radius 2 is 2.46 bits per heavy atom. The van der Waals surface area contributed by atoms with Crippen LogP contribution in [0.1, 0.15) is 5.48 Å². The van der Waals surface area contributed by atoms with Gasteiger partial charge < -0.3 is 4.98 Å². The third kappa shape index (κ3) is 0.851. The Kier molecular flexibility index (Phi) is 0.696. The summed E-state index contributed by atoms with van der Waals surface area (Å²) in [6.45, 7) is -2.95. The molecule has 0 atom stereocenters. The number of imidazole rings is 1. The number of fused-ring (bicyclic) bond motifs is 1. The Hall–Kier alpha value is -1.85. The van der Waals surface area contributed by atoms with Gasteiger partial charge in [0.05, 0.1) is 6.30 Å². The molecule has 2 heterocycles. The number of hydrogen-bond donors (Lipinski definition) is 1. The van der Waals surface area contributed by atoms with Gasteiger partial charge in [0, 0.05) is 18.1 Å². The van der Waals surface area contributed by atoms with Crippen molar-refractivity contribution in [2.45, 2.75) is 0 Å². The van der Waals surface area contributed by atoms with Gasteiger partial charge in [-0.05, 0) is 0 Å². The molecule has 13 heavy (non-hydrogen) atoms. The first-order valence-electron chi connectivity index (χ1n) is 5.82. The van der Waals surface area contributed by atoms with E-state index in [9.17, 15) is 9.59 Å². The van der Waals surface area contributed by atoms with E-state index < -0.39 is 30.0 Å². The molecule has 0 aromatic carbocycles. The van der Waals surface area contributed by atoms with Crippen molar-refractivity contribution in [3.05, 3.63) is 27.1 Å². The summed E-state index contributed by atoms with van der Waals surface area (Å²) >= 11 is 0. The van der Waals surface area contributed by atoms with E-state index in [0.717, 1.165) is 4.57 Å². The second-order valence-corrected chi connectivity index (χ2v) is 2.48. The Labute approximate surface area is 79.5 Å². The molecule has 2 aromatic heterocycles. The number of nitrogens with one attached hydrogen (secondary N) is 1.